The molecule has 0 aromatic heterocycles. The molecule has 0 unspecified atom stereocenters. The summed E-state index contributed by atoms with van der Waals surface area (Å²) in [6.07, 6.45) is 0.891. The lowest BCUT2D eigenvalue weighted by Crippen LogP contribution is -2.37. The molecule has 0 spiro atoms. The van der Waals surface area contributed by atoms with Gasteiger partial charge in [-0.2, -0.15) is 0 Å². The van der Waals surface area contributed by atoms with Crippen molar-refractivity contribution in [2.24, 2.45) is 0 Å². The third-order valence-electron chi connectivity index (χ3n) is 4.03. The number of esters is 1. The largest absolute Gasteiger partial charge is 0.465 e. The molecule has 0 aliphatic rings. The highest BCUT2D eigenvalue weighted by Gasteiger charge is 2.23. The number of non-ortho nitro benzene ring substituents is 1. The highest BCUT2D eigenvalue weighted by molar-refractivity contribution is 7.92. The Balaban J connectivity index is 2.30. The number of carbonyl (C=O) groups is 2. The summed E-state index contributed by atoms with van der Waals surface area (Å²) < 4.78 is 29.8. The van der Waals surface area contributed by atoms with Crippen molar-refractivity contribution in [1.82, 2.24) is 0 Å². The van der Waals surface area contributed by atoms with E-state index >= 15 is 0 Å². The third-order valence-corrected chi connectivity index (χ3v) is 5.17. The van der Waals surface area contributed by atoms with Crippen LogP contribution in [0.2, 0.25) is 0 Å². The molecule has 1 amide bonds. The summed E-state index contributed by atoms with van der Waals surface area (Å²) in [6, 6.07) is 9.59. The zero-order valence-corrected chi connectivity index (χ0v) is 16.7. The van der Waals surface area contributed by atoms with E-state index in [2.05, 4.69) is 10.1 Å². The van der Waals surface area contributed by atoms with Crippen LogP contribution in [-0.2, 0) is 19.6 Å². The smallest absolute Gasteiger partial charge is 0.338 e. The van der Waals surface area contributed by atoms with E-state index in [1.807, 2.05) is 0 Å². The second-order valence-electron chi connectivity index (χ2n) is 6.06. The van der Waals surface area contributed by atoms with Gasteiger partial charge in [0, 0.05) is 17.8 Å². The van der Waals surface area contributed by atoms with Crippen LogP contribution in [0, 0.1) is 17.0 Å². The summed E-state index contributed by atoms with van der Waals surface area (Å²) in [5, 5.41) is 13.5. The van der Waals surface area contributed by atoms with Gasteiger partial charge >= 0.3 is 5.97 Å². The SMILES string of the molecule is COC(=O)c1cccc(NC(=O)CN(c2cccc([N+](=O)[O-])c2)S(C)(=O)=O)c1C. The Bertz CT molecular complexity index is 1070. The van der Waals surface area contributed by atoms with Gasteiger partial charge in [0.1, 0.15) is 6.54 Å². The van der Waals surface area contributed by atoms with Crippen LogP contribution in [0.3, 0.4) is 0 Å². The van der Waals surface area contributed by atoms with Crippen LogP contribution in [0.5, 0.6) is 0 Å². The standard InChI is InChI=1S/C18H19N3O7S/c1-12-15(18(23)28-2)8-5-9-16(12)19-17(22)11-20(29(3,26)27)13-6-4-7-14(10-13)21(24)25/h4-10H,11H2,1-3H3,(H,19,22). The average Bonchev–Trinajstić information content (AvgIpc) is 2.66. The number of sulfonamides is 1. The maximum absolute atomic E-state index is 12.5. The van der Waals surface area contributed by atoms with Crippen LogP contribution in [0.1, 0.15) is 15.9 Å². The topological polar surface area (TPSA) is 136 Å². The Morgan fingerprint density at radius 1 is 1.21 bits per heavy atom. The number of nitro benzene ring substituents is 1. The van der Waals surface area contributed by atoms with Crippen LogP contribution in [0.25, 0.3) is 0 Å². The van der Waals surface area contributed by atoms with Gasteiger partial charge in [0.05, 0.1) is 29.5 Å². The molecule has 0 radical (unpaired) electrons. The predicted octanol–water partition coefficient (Wildman–Crippen LogP) is 2.09. The number of hydrogen-bond acceptors (Lipinski definition) is 7. The first-order valence-corrected chi connectivity index (χ1v) is 10.1. The van der Waals surface area contributed by atoms with E-state index < -0.39 is 33.4 Å². The van der Waals surface area contributed by atoms with Crippen LogP contribution in [-0.4, -0.2) is 45.1 Å². The Hall–Kier alpha value is -3.47. The quantitative estimate of drug-likeness (QED) is 0.411. The molecule has 0 aliphatic heterocycles. The minimum Gasteiger partial charge on any atom is -0.465 e. The molecule has 2 aromatic rings. The summed E-state index contributed by atoms with van der Waals surface area (Å²) in [5.74, 6) is -1.26. The number of rotatable bonds is 7. The number of hydrogen-bond donors (Lipinski definition) is 1. The Labute approximate surface area is 167 Å². The molecule has 10 nitrogen and oxygen atoms in total. The summed E-state index contributed by atoms with van der Waals surface area (Å²) in [6.45, 7) is 0.999. The highest BCUT2D eigenvalue weighted by Crippen LogP contribution is 2.24. The van der Waals surface area contributed by atoms with Crippen LogP contribution in [0.15, 0.2) is 42.5 Å². The molecule has 2 aromatic carbocycles. The number of carbonyl (C=O) groups excluding carboxylic acids is 2. The molecule has 0 atom stereocenters. The van der Waals surface area contributed by atoms with Gasteiger partial charge in [0.25, 0.3) is 5.69 Å². The van der Waals surface area contributed by atoms with Gasteiger partial charge in [0.15, 0.2) is 0 Å². The molecule has 2 rings (SSSR count). The number of nitro groups is 1. The number of nitrogens with one attached hydrogen (secondary N) is 1. The summed E-state index contributed by atoms with van der Waals surface area (Å²) in [5.41, 5.74) is 0.693. The van der Waals surface area contributed by atoms with E-state index in [1.54, 1.807) is 19.1 Å². The van der Waals surface area contributed by atoms with Gasteiger partial charge in [-0.25, -0.2) is 13.2 Å². The molecule has 0 saturated carbocycles. The number of anilines is 2. The van der Waals surface area contributed by atoms with Crippen molar-refractivity contribution in [3.8, 4) is 0 Å². The van der Waals surface area contributed by atoms with Crippen molar-refractivity contribution in [1.29, 1.82) is 0 Å². The molecule has 11 heteroatoms. The molecule has 0 fully saturated rings. The molecule has 29 heavy (non-hydrogen) atoms. The first kappa shape index (κ1) is 21.8. The number of methoxy groups -OCH3 is 1. The number of amides is 1. The Kier molecular flexibility index (Phi) is 6.54. The van der Waals surface area contributed by atoms with Crippen LogP contribution >= 0.6 is 0 Å². The fourth-order valence-corrected chi connectivity index (χ4v) is 3.43. The fraction of sp³-hybridized carbons (Fsp3) is 0.222. The van der Waals surface area contributed by atoms with Crippen molar-refractivity contribution in [3.05, 3.63) is 63.7 Å². The van der Waals surface area contributed by atoms with E-state index in [9.17, 15) is 28.1 Å². The number of benzene rings is 2. The van der Waals surface area contributed by atoms with E-state index in [-0.39, 0.29) is 16.9 Å². The predicted molar refractivity (Wildman–Crippen MR) is 106 cm³/mol. The van der Waals surface area contributed by atoms with Crippen molar-refractivity contribution in [3.63, 3.8) is 0 Å². The van der Waals surface area contributed by atoms with E-state index in [0.29, 0.717) is 11.3 Å². The molecular formula is C18H19N3O7S. The van der Waals surface area contributed by atoms with Crippen LogP contribution in [0.4, 0.5) is 17.1 Å². The summed E-state index contributed by atoms with van der Waals surface area (Å²) in [4.78, 5) is 34.6. The first-order chi connectivity index (χ1) is 13.5. The van der Waals surface area contributed by atoms with Crippen molar-refractivity contribution >= 4 is 39.0 Å². The number of ether oxygens (including phenoxy) is 1. The zero-order valence-electron chi connectivity index (χ0n) is 15.9. The van der Waals surface area contributed by atoms with Gasteiger partial charge in [-0.3, -0.25) is 19.2 Å². The molecule has 0 heterocycles. The van der Waals surface area contributed by atoms with E-state index in [0.717, 1.165) is 16.6 Å². The third kappa shape index (κ3) is 5.29. The fourth-order valence-electron chi connectivity index (χ4n) is 2.58. The summed E-state index contributed by atoms with van der Waals surface area (Å²) in [7, 11) is -2.68. The van der Waals surface area contributed by atoms with Crippen molar-refractivity contribution in [2.45, 2.75) is 6.92 Å². The molecular weight excluding hydrogens is 402 g/mol. The van der Waals surface area contributed by atoms with Crippen molar-refractivity contribution in [2.75, 3.05) is 29.5 Å². The maximum atomic E-state index is 12.5. The normalized spacial score (nSPS) is 10.9. The second kappa shape index (κ2) is 8.69. The van der Waals surface area contributed by atoms with E-state index in [1.165, 1.54) is 31.4 Å². The van der Waals surface area contributed by atoms with E-state index in [4.69, 9.17) is 0 Å². The maximum Gasteiger partial charge on any atom is 0.338 e. The van der Waals surface area contributed by atoms with Gasteiger partial charge in [0.2, 0.25) is 15.9 Å². The van der Waals surface area contributed by atoms with Gasteiger partial charge in [-0.1, -0.05) is 12.1 Å². The summed E-state index contributed by atoms with van der Waals surface area (Å²) >= 11 is 0. The minimum atomic E-state index is -3.91. The second-order valence-corrected chi connectivity index (χ2v) is 7.97. The molecule has 154 valence electrons. The monoisotopic (exact) mass is 421 g/mol. The van der Waals surface area contributed by atoms with Crippen molar-refractivity contribution < 1.29 is 27.7 Å². The van der Waals surface area contributed by atoms with Gasteiger partial charge in [-0.15, -0.1) is 0 Å². The molecule has 0 bridgehead atoms. The molecule has 0 saturated heterocycles. The minimum absolute atomic E-state index is 0.0168. The lowest BCUT2D eigenvalue weighted by molar-refractivity contribution is -0.384. The molecule has 0 aliphatic carbocycles. The first-order valence-electron chi connectivity index (χ1n) is 8.24. The van der Waals surface area contributed by atoms with Gasteiger partial charge < -0.3 is 10.1 Å². The average molecular weight is 421 g/mol. The lowest BCUT2D eigenvalue weighted by Gasteiger charge is -2.22. The van der Waals surface area contributed by atoms with Gasteiger partial charge in [-0.05, 0) is 30.7 Å². The Morgan fingerprint density at radius 3 is 2.45 bits per heavy atom. The Morgan fingerprint density at radius 2 is 1.86 bits per heavy atom. The zero-order chi connectivity index (χ0) is 21.8. The lowest BCUT2D eigenvalue weighted by atomic mass is 10.1. The molecule has 1 N–H and O–H groups in total. The number of nitrogens with zero attached hydrogens (tertiary/aromatic N) is 2. The van der Waals surface area contributed by atoms with Crippen LogP contribution < -0.4 is 9.62 Å². The highest BCUT2D eigenvalue weighted by atomic mass is 32.2.